The molecule has 0 radical (unpaired) electrons. The van der Waals surface area contributed by atoms with E-state index in [1.807, 2.05) is 18.2 Å². The number of hydrogen-bond acceptors (Lipinski definition) is 3. The van der Waals surface area contributed by atoms with E-state index in [-0.39, 0.29) is 5.54 Å². The van der Waals surface area contributed by atoms with Gasteiger partial charge in [0, 0.05) is 30.4 Å². The maximum Gasteiger partial charge on any atom is 0.0992 e. The van der Waals surface area contributed by atoms with Crippen molar-refractivity contribution < 1.29 is 0 Å². The largest absolute Gasteiger partial charge is 0.366 e. The number of nitrogens with one attached hydrogen (secondary N) is 1. The van der Waals surface area contributed by atoms with Crippen LogP contribution < -0.4 is 10.2 Å². The van der Waals surface area contributed by atoms with Gasteiger partial charge in [-0.2, -0.15) is 5.26 Å². The molecular weight excluding hydrogens is 210 g/mol. The van der Waals surface area contributed by atoms with E-state index in [1.165, 1.54) is 0 Å². The molecule has 3 heteroatoms. The van der Waals surface area contributed by atoms with Crippen LogP contribution in [-0.2, 0) is 0 Å². The molecule has 0 amide bonds. The van der Waals surface area contributed by atoms with Crippen LogP contribution in [0.4, 0.5) is 5.69 Å². The minimum absolute atomic E-state index is 0.120. The first-order chi connectivity index (χ1) is 8.02. The fourth-order valence-corrected chi connectivity index (χ4v) is 2.27. The quantitative estimate of drug-likeness (QED) is 0.802. The van der Waals surface area contributed by atoms with E-state index in [4.69, 9.17) is 5.26 Å². The van der Waals surface area contributed by atoms with Crippen LogP contribution in [0.15, 0.2) is 24.3 Å². The highest BCUT2D eigenvalue weighted by Gasteiger charge is 2.30. The van der Waals surface area contributed by atoms with Crippen molar-refractivity contribution in [2.75, 3.05) is 18.0 Å². The third-order valence-electron chi connectivity index (χ3n) is 3.28. The zero-order chi connectivity index (χ0) is 12.5. The number of piperazine rings is 1. The monoisotopic (exact) mass is 229 g/mol. The SMILES string of the molecule is CC1CNC(C)(C)CN1c1cccc(C#N)c1. The Morgan fingerprint density at radius 3 is 2.94 bits per heavy atom. The van der Waals surface area contributed by atoms with Gasteiger partial charge in [0.15, 0.2) is 0 Å². The molecule has 17 heavy (non-hydrogen) atoms. The molecule has 90 valence electrons. The van der Waals surface area contributed by atoms with Gasteiger partial charge in [-0.05, 0) is 39.0 Å². The first-order valence-electron chi connectivity index (χ1n) is 6.04. The molecule has 1 unspecified atom stereocenters. The zero-order valence-corrected chi connectivity index (χ0v) is 10.7. The topological polar surface area (TPSA) is 39.1 Å². The summed E-state index contributed by atoms with van der Waals surface area (Å²) in [6, 6.07) is 10.5. The lowest BCUT2D eigenvalue weighted by Gasteiger charge is -2.44. The van der Waals surface area contributed by atoms with Gasteiger partial charge >= 0.3 is 0 Å². The third-order valence-corrected chi connectivity index (χ3v) is 3.28. The van der Waals surface area contributed by atoms with E-state index in [9.17, 15) is 0 Å². The van der Waals surface area contributed by atoms with Crippen molar-refractivity contribution in [2.45, 2.75) is 32.4 Å². The zero-order valence-electron chi connectivity index (χ0n) is 10.7. The Balaban J connectivity index is 2.28. The van der Waals surface area contributed by atoms with Crippen LogP contribution in [-0.4, -0.2) is 24.7 Å². The van der Waals surface area contributed by atoms with Crippen LogP contribution in [0.1, 0.15) is 26.3 Å². The molecule has 1 atom stereocenters. The van der Waals surface area contributed by atoms with Crippen molar-refractivity contribution in [3.63, 3.8) is 0 Å². The Morgan fingerprint density at radius 1 is 1.47 bits per heavy atom. The number of nitrogens with zero attached hydrogens (tertiary/aromatic N) is 2. The highest BCUT2D eigenvalue weighted by Crippen LogP contribution is 2.24. The molecule has 0 aromatic heterocycles. The number of rotatable bonds is 1. The first kappa shape index (κ1) is 11.9. The van der Waals surface area contributed by atoms with Gasteiger partial charge in [0.05, 0.1) is 11.6 Å². The first-order valence-corrected chi connectivity index (χ1v) is 6.04. The Kier molecular flexibility index (Phi) is 3.08. The predicted molar refractivity (Wildman–Crippen MR) is 70.0 cm³/mol. The van der Waals surface area contributed by atoms with E-state index < -0.39 is 0 Å². The lowest BCUT2D eigenvalue weighted by molar-refractivity contribution is 0.318. The van der Waals surface area contributed by atoms with Gasteiger partial charge in [0.25, 0.3) is 0 Å². The fourth-order valence-electron chi connectivity index (χ4n) is 2.27. The van der Waals surface area contributed by atoms with Gasteiger partial charge in [-0.25, -0.2) is 0 Å². The Hall–Kier alpha value is -1.53. The van der Waals surface area contributed by atoms with E-state index in [2.05, 4.69) is 43.1 Å². The molecule has 1 N–H and O–H groups in total. The van der Waals surface area contributed by atoms with Gasteiger partial charge < -0.3 is 10.2 Å². The molecular formula is C14H19N3. The van der Waals surface area contributed by atoms with Crippen LogP contribution in [0.3, 0.4) is 0 Å². The summed E-state index contributed by atoms with van der Waals surface area (Å²) in [5, 5.41) is 12.5. The number of anilines is 1. The van der Waals surface area contributed by atoms with Gasteiger partial charge in [0.1, 0.15) is 0 Å². The summed E-state index contributed by atoms with van der Waals surface area (Å²) in [5.74, 6) is 0. The van der Waals surface area contributed by atoms with E-state index in [0.717, 1.165) is 24.3 Å². The average molecular weight is 229 g/mol. The minimum atomic E-state index is 0.120. The molecule has 1 fully saturated rings. The summed E-state index contributed by atoms with van der Waals surface area (Å²) in [4.78, 5) is 2.37. The van der Waals surface area contributed by atoms with Crippen molar-refractivity contribution in [3.8, 4) is 6.07 Å². The molecule has 2 rings (SSSR count). The Labute approximate surface area is 103 Å². The van der Waals surface area contributed by atoms with Gasteiger partial charge in [-0.15, -0.1) is 0 Å². The van der Waals surface area contributed by atoms with Crippen molar-refractivity contribution in [3.05, 3.63) is 29.8 Å². The highest BCUT2D eigenvalue weighted by atomic mass is 15.2. The second-order valence-electron chi connectivity index (χ2n) is 5.40. The van der Waals surface area contributed by atoms with Crippen LogP contribution in [0.5, 0.6) is 0 Å². The van der Waals surface area contributed by atoms with Crippen LogP contribution in [0, 0.1) is 11.3 Å². The molecule has 1 saturated heterocycles. The standard InChI is InChI=1S/C14H19N3/c1-11-9-16-14(2,3)10-17(11)13-6-4-5-12(7-13)8-15/h4-7,11,16H,9-10H2,1-3H3. The average Bonchev–Trinajstić information content (AvgIpc) is 2.32. The van der Waals surface area contributed by atoms with Crippen molar-refractivity contribution in [1.82, 2.24) is 5.32 Å². The summed E-state index contributed by atoms with van der Waals surface area (Å²) in [5.41, 5.74) is 1.99. The van der Waals surface area contributed by atoms with Crippen molar-refractivity contribution in [1.29, 1.82) is 5.26 Å². The second-order valence-corrected chi connectivity index (χ2v) is 5.40. The van der Waals surface area contributed by atoms with Crippen molar-refractivity contribution in [2.24, 2.45) is 0 Å². The maximum atomic E-state index is 8.95. The second kappa shape index (κ2) is 4.38. The summed E-state index contributed by atoms with van der Waals surface area (Å²) in [7, 11) is 0. The van der Waals surface area contributed by atoms with E-state index in [0.29, 0.717) is 6.04 Å². The molecule has 3 nitrogen and oxygen atoms in total. The molecule has 1 heterocycles. The third kappa shape index (κ3) is 2.59. The normalized spacial score (nSPS) is 23.2. The molecule has 1 aromatic rings. The van der Waals surface area contributed by atoms with Gasteiger partial charge in [-0.3, -0.25) is 0 Å². The van der Waals surface area contributed by atoms with E-state index >= 15 is 0 Å². The van der Waals surface area contributed by atoms with Crippen LogP contribution in [0.25, 0.3) is 0 Å². The molecule has 1 aromatic carbocycles. The number of nitriles is 1. The smallest absolute Gasteiger partial charge is 0.0992 e. The fraction of sp³-hybridized carbons (Fsp3) is 0.500. The number of hydrogen-bond donors (Lipinski definition) is 1. The van der Waals surface area contributed by atoms with E-state index in [1.54, 1.807) is 0 Å². The molecule has 0 spiro atoms. The molecule has 1 aliphatic rings. The van der Waals surface area contributed by atoms with Crippen molar-refractivity contribution >= 4 is 5.69 Å². The lowest BCUT2D eigenvalue weighted by atomic mass is 9.98. The Morgan fingerprint density at radius 2 is 2.24 bits per heavy atom. The minimum Gasteiger partial charge on any atom is -0.366 e. The maximum absolute atomic E-state index is 8.95. The summed E-state index contributed by atoms with van der Waals surface area (Å²) < 4.78 is 0. The predicted octanol–water partition coefficient (Wildman–Crippen LogP) is 2.13. The summed E-state index contributed by atoms with van der Waals surface area (Å²) in [6.07, 6.45) is 0. The van der Waals surface area contributed by atoms with Crippen LogP contribution in [0.2, 0.25) is 0 Å². The summed E-state index contributed by atoms with van der Waals surface area (Å²) in [6.45, 7) is 8.56. The van der Waals surface area contributed by atoms with Gasteiger partial charge in [-0.1, -0.05) is 6.07 Å². The Bertz CT molecular complexity index is 445. The van der Waals surface area contributed by atoms with Gasteiger partial charge in [0.2, 0.25) is 0 Å². The van der Waals surface area contributed by atoms with Crippen LogP contribution >= 0.6 is 0 Å². The molecule has 1 aliphatic heterocycles. The lowest BCUT2D eigenvalue weighted by Crippen LogP contribution is -2.61. The number of benzene rings is 1. The molecule has 0 aliphatic carbocycles. The highest BCUT2D eigenvalue weighted by molar-refractivity contribution is 5.53. The molecule has 0 saturated carbocycles. The molecule has 0 bridgehead atoms. The summed E-state index contributed by atoms with van der Waals surface area (Å²) >= 11 is 0.